The van der Waals surface area contributed by atoms with Crippen LogP contribution < -0.4 is 5.73 Å². The van der Waals surface area contributed by atoms with Crippen LogP contribution in [-0.4, -0.2) is 56.8 Å². The lowest BCUT2D eigenvalue weighted by Gasteiger charge is -2.40. The third-order valence-electron chi connectivity index (χ3n) is 8.17. The monoisotopic (exact) mass is 566 g/mol. The van der Waals surface area contributed by atoms with E-state index in [1.807, 2.05) is 0 Å². The van der Waals surface area contributed by atoms with Gasteiger partial charge in [0.15, 0.2) is 15.6 Å². The van der Waals surface area contributed by atoms with E-state index in [1.54, 1.807) is 35.2 Å². The van der Waals surface area contributed by atoms with Crippen molar-refractivity contribution in [2.45, 2.75) is 61.0 Å². The molecule has 0 spiro atoms. The van der Waals surface area contributed by atoms with Crippen molar-refractivity contribution in [2.24, 2.45) is 17.6 Å². The van der Waals surface area contributed by atoms with Gasteiger partial charge in [-0.2, -0.15) is 13.2 Å². The van der Waals surface area contributed by atoms with E-state index >= 15 is 0 Å². The molecule has 7 nitrogen and oxygen atoms in total. The summed E-state index contributed by atoms with van der Waals surface area (Å²) in [6, 6.07) is 12.7. The van der Waals surface area contributed by atoms with Gasteiger partial charge in [0.25, 0.3) is 0 Å². The van der Waals surface area contributed by atoms with Crippen molar-refractivity contribution in [3.63, 3.8) is 0 Å². The van der Waals surface area contributed by atoms with Gasteiger partial charge in [-0.05, 0) is 55.9 Å². The minimum absolute atomic E-state index is 0.0862. The number of carbonyl (C=O) groups excluding carboxylic acids is 1. The Morgan fingerprint density at radius 2 is 1.72 bits per heavy atom. The fraction of sp³-hybridized carbons (Fsp3) is 0.536. The maximum Gasteiger partial charge on any atom is 0.416 e. The second kappa shape index (κ2) is 10.8. The number of benzene rings is 2. The van der Waals surface area contributed by atoms with Crippen LogP contribution in [0.5, 0.6) is 0 Å². The quantitative estimate of drug-likeness (QED) is 0.542. The molecule has 0 radical (unpaired) electrons. The number of nitrogens with zero attached hydrogens (tertiary/aromatic N) is 1. The highest BCUT2D eigenvalue weighted by Gasteiger charge is 2.48. The van der Waals surface area contributed by atoms with E-state index in [0.29, 0.717) is 32.2 Å². The van der Waals surface area contributed by atoms with Crippen LogP contribution in [0.15, 0.2) is 59.5 Å². The minimum atomic E-state index is -4.52. The number of likely N-dealkylation sites (tertiary alicyclic amines) is 1. The van der Waals surface area contributed by atoms with E-state index in [0.717, 1.165) is 12.1 Å². The second-order valence-electron chi connectivity index (χ2n) is 10.7. The Hall–Kier alpha value is -2.47. The zero-order chi connectivity index (χ0) is 27.8. The lowest BCUT2D eigenvalue weighted by Crippen LogP contribution is -2.50. The molecule has 2 aliphatic heterocycles. The molecule has 2 heterocycles. The summed E-state index contributed by atoms with van der Waals surface area (Å²) < 4.78 is 78.3. The standard InChI is InChI=1S/C28H33F3N2O5S/c29-28(30,31)22-6-4-5-21(16-22)27(37-13-14-38-27)17-19-11-12-33(26(19)34)25-10-9-23(32)15-20(25)18-39(35,36)24-7-2-1-3-8-24/h1-8,16,19-20,23,25H,9-15,17-18,32H2/t19?,20-,23+,25-/m0/s1. The van der Waals surface area contributed by atoms with Gasteiger partial charge in [0.05, 0.1) is 29.4 Å². The van der Waals surface area contributed by atoms with Gasteiger partial charge >= 0.3 is 6.18 Å². The Kier molecular flexibility index (Phi) is 7.80. The molecular formula is C28H33F3N2O5S. The first-order chi connectivity index (χ1) is 18.5. The van der Waals surface area contributed by atoms with E-state index < -0.39 is 33.3 Å². The molecule has 1 saturated carbocycles. The fourth-order valence-electron chi connectivity index (χ4n) is 6.28. The summed E-state index contributed by atoms with van der Waals surface area (Å²) in [5, 5.41) is 0. The average Bonchev–Trinajstić information content (AvgIpc) is 3.52. The number of hydrogen-bond acceptors (Lipinski definition) is 6. The lowest BCUT2D eigenvalue weighted by molar-refractivity contribution is -0.182. The van der Waals surface area contributed by atoms with Gasteiger partial charge in [0.2, 0.25) is 5.91 Å². The van der Waals surface area contributed by atoms with Crippen LogP contribution in [0.25, 0.3) is 0 Å². The van der Waals surface area contributed by atoms with Gasteiger partial charge < -0.3 is 20.1 Å². The summed E-state index contributed by atoms with van der Waals surface area (Å²) in [5.74, 6) is -2.55. The molecule has 212 valence electrons. The molecule has 1 aliphatic carbocycles. The lowest BCUT2D eigenvalue weighted by atomic mass is 9.82. The normalized spacial score (nSPS) is 27.7. The zero-order valence-electron chi connectivity index (χ0n) is 21.5. The second-order valence-corrected chi connectivity index (χ2v) is 12.8. The molecular weight excluding hydrogens is 533 g/mol. The summed E-state index contributed by atoms with van der Waals surface area (Å²) >= 11 is 0. The Bertz CT molecular complexity index is 1280. The number of alkyl halides is 3. The number of amides is 1. The van der Waals surface area contributed by atoms with Crippen LogP contribution in [0.3, 0.4) is 0 Å². The molecule has 2 aromatic carbocycles. The maximum absolute atomic E-state index is 13.7. The highest BCUT2D eigenvalue weighted by atomic mass is 32.2. The van der Waals surface area contributed by atoms with Gasteiger partial charge in [-0.15, -0.1) is 0 Å². The van der Waals surface area contributed by atoms with Crippen LogP contribution in [0.4, 0.5) is 13.2 Å². The topological polar surface area (TPSA) is 98.9 Å². The number of hydrogen-bond donors (Lipinski definition) is 1. The molecule has 0 aromatic heterocycles. The number of ether oxygens (including phenoxy) is 2. The Labute approximate surface area is 226 Å². The highest BCUT2D eigenvalue weighted by Crippen LogP contribution is 2.43. The molecule has 4 atom stereocenters. The van der Waals surface area contributed by atoms with Crippen molar-refractivity contribution in [1.82, 2.24) is 4.90 Å². The Balaban J connectivity index is 1.35. The predicted octanol–water partition coefficient (Wildman–Crippen LogP) is 4.11. The number of halogens is 3. The van der Waals surface area contributed by atoms with E-state index in [-0.39, 0.29) is 59.8 Å². The smallest absolute Gasteiger partial charge is 0.343 e. The number of nitrogens with two attached hydrogens (primary N) is 1. The third-order valence-corrected chi connectivity index (χ3v) is 10.0. The van der Waals surface area contributed by atoms with Crippen LogP contribution in [0, 0.1) is 11.8 Å². The van der Waals surface area contributed by atoms with Gasteiger partial charge in [-0.25, -0.2) is 8.42 Å². The molecule has 1 unspecified atom stereocenters. The van der Waals surface area contributed by atoms with Gasteiger partial charge in [0.1, 0.15) is 0 Å². The summed E-state index contributed by atoms with van der Waals surface area (Å²) in [4.78, 5) is 15.7. The van der Waals surface area contributed by atoms with Crippen LogP contribution >= 0.6 is 0 Å². The summed E-state index contributed by atoms with van der Waals surface area (Å²) in [7, 11) is -3.58. The van der Waals surface area contributed by atoms with Crippen molar-refractivity contribution in [3.05, 3.63) is 65.7 Å². The first kappa shape index (κ1) is 28.1. The van der Waals surface area contributed by atoms with Gasteiger partial charge in [-0.3, -0.25) is 4.79 Å². The molecule has 5 rings (SSSR count). The van der Waals surface area contributed by atoms with E-state index in [9.17, 15) is 26.4 Å². The van der Waals surface area contributed by atoms with Crippen molar-refractivity contribution in [3.8, 4) is 0 Å². The number of carbonyl (C=O) groups is 1. The molecule has 39 heavy (non-hydrogen) atoms. The molecule has 2 aromatic rings. The third kappa shape index (κ3) is 5.86. The van der Waals surface area contributed by atoms with Crippen molar-refractivity contribution >= 4 is 15.7 Å². The molecule has 1 amide bonds. The SMILES string of the molecule is N[C@@H]1CC[C@H](N2CCC(CC3(c4cccc(C(F)(F)F)c4)OCCO3)C2=O)[C@H](CS(=O)(=O)c2ccccc2)C1. The largest absolute Gasteiger partial charge is 0.416 e. The molecule has 3 aliphatic rings. The fourth-order valence-corrected chi connectivity index (χ4v) is 7.96. The van der Waals surface area contributed by atoms with E-state index in [4.69, 9.17) is 15.2 Å². The van der Waals surface area contributed by atoms with Crippen LogP contribution in [0.2, 0.25) is 0 Å². The molecule has 2 saturated heterocycles. The van der Waals surface area contributed by atoms with Gasteiger partial charge in [0, 0.05) is 36.5 Å². The minimum Gasteiger partial charge on any atom is -0.343 e. The average molecular weight is 567 g/mol. The summed E-state index contributed by atoms with van der Waals surface area (Å²) in [5.41, 5.74) is 5.65. The molecule has 2 N–H and O–H groups in total. The molecule has 3 fully saturated rings. The molecule has 0 bridgehead atoms. The van der Waals surface area contributed by atoms with Crippen molar-refractivity contribution < 1.29 is 35.9 Å². The predicted molar refractivity (Wildman–Crippen MR) is 137 cm³/mol. The van der Waals surface area contributed by atoms with Crippen molar-refractivity contribution in [1.29, 1.82) is 0 Å². The van der Waals surface area contributed by atoms with Crippen molar-refractivity contribution in [2.75, 3.05) is 25.5 Å². The summed E-state index contributed by atoms with van der Waals surface area (Å²) in [6.45, 7) is 0.853. The number of rotatable bonds is 7. The summed E-state index contributed by atoms with van der Waals surface area (Å²) in [6.07, 6.45) is -2.18. The molecule has 11 heteroatoms. The van der Waals surface area contributed by atoms with E-state index in [2.05, 4.69) is 0 Å². The number of sulfone groups is 1. The van der Waals surface area contributed by atoms with E-state index in [1.165, 1.54) is 12.1 Å². The Morgan fingerprint density at radius 3 is 2.41 bits per heavy atom. The van der Waals surface area contributed by atoms with Gasteiger partial charge in [-0.1, -0.05) is 30.3 Å². The van der Waals surface area contributed by atoms with Crippen LogP contribution in [0.1, 0.15) is 43.2 Å². The van der Waals surface area contributed by atoms with Crippen LogP contribution in [-0.2, 0) is 36.1 Å². The highest BCUT2D eigenvalue weighted by molar-refractivity contribution is 7.91. The first-order valence-corrected chi connectivity index (χ1v) is 14.9. The Morgan fingerprint density at radius 1 is 1.00 bits per heavy atom. The zero-order valence-corrected chi connectivity index (χ0v) is 22.3. The maximum atomic E-state index is 13.7. The first-order valence-electron chi connectivity index (χ1n) is 13.3.